The maximum Gasteiger partial charge on any atom is 0.267 e. The van der Waals surface area contributed by atoms with Gasteiger partial charge in [-0.2, -0.15) is 0 Å². The van der Waals surface area contributed by atoms with Crippen LogP contribution in [0.25, 0.3) is 10.9 Å². The Kier molecular flexibility index (Phi) is 5.10. The van der Waals surface area contributed by atoms with Gasteiger partial charge in [-0.3, -0.25) is 4.79 Å². The zero-order valence-corrected chi connectivity index (χ0v) is 15.7. The molecule has 142 valence electrons. The molecule has 2 aromatic heterocycles. The van der Waals surface area contributed by atoms with Gasteiger partial charge in [-0.15, -0.1) is 0 Å². The normalized spacial score (nSPS) is 10.9. The van der Waals surface area contributed by atoms with Crippen LogP contribution in [0.1, 0.15) is 21.9 Å². The van der Waals surface area contributed by atoms with Gasteiger partial charge in [0.2, 0.25) is 0 Å². The lowest BCUT2D eigenvalue weighted by Crippen LogP contribution is -2.26. The van der Waals surface area contributed by atoms with Crippen LogP contribution in [-0.2, 0) is 13.0 Å². The van der Waals surface area contributed by atoms with Crippen LogP contribution in [0.15, 0.2) is 67.0 Å². The molecule has 4 rings (SSSR count). The molecule has 6 heteroatoms. The first kappa shape index (κ1) is 17.9. The van der Waals surface area contributed by atoms with Crippen molar-refractivity contribution in [2.75, 3.05) is 13.7 Å². The Labute approximate surface area is 163 Å². The fourth-order valence-electron chi connectivity index (χ4n) is 3.23. The number of aromatic amines is 1. The van der Waals surface area contributed by atoms with Crippen molar-refractivity contribution in [3.05, 3.63) is 84.1 Å². The van der Waals surface area contributed by atoms with Gasteiger partial charge in [0.25, 0.3) is 5.91 Å². The molecule has 0 saturated carbocycles. The summed E-state index contributed by atoms with van der Waals surface area (Å²) in [5.74, 6) is 1.58. The number of fused-ring (bicyclic) bond motifs is 1. The van der Waals surface area contributed by atoms with Crippen LogP contribution in [-0.4, -0.2) is 34.1 Å². The summed E-state index contributed by atoms with van der Waals surface area (Å²) in [4.78, 5) is 20.0. The fraction of sp³-hybridized carbons (Fsp3) is 0.182. The molecule has 0 bridgehead atoms. The Balaban J connectivity index is 1.37. The first-order valence-electron chi connectivity index (χ1n) is 9.22. The first-order valence-corrected chi connectivity index (χ1v) is 9.22. The summed E-state index contributed by atoms with van der Waals surface area (Å²) in [7, 11) is 1.62. The minimum Gasteiger partial charge on any atom is -0.497 e. The largest absolute Gasteiger partial charge is 0.497 e. The molecule has 0 fully saturated rings. The molecule has 0 aliphatic carbocycles. The lowest BCUT2D eigenvalue weighted by atomic mass is 10.2. The second-order valence-electron chi connectivity index (χ2n) is 6.60. The van der Waals surface area contributed by atoms with Crippen LogP contribution in [0, 0.1) is 0 Å². The van der Waals surface area contributed by atoms with Crippen LogP contribution < -0.4 is 10.1 Å². The van der Waals surface area contributed by atoms with Crippen molar-refractivity contribution in [1.29, 1.82) is 0 Å². The highest BCUT2D eigenvalue weighted by Gasteiger charge is 2.11. The number of nitrogens with zero attached hydrogens (tertiary/aromatic N) is 2. The number of carbonyl (C=O) groups excluding carboxylic acids is 1. The highest BCUT2D eigenvalue weighted by Crippen LogP contribution is 2.21. The van der Waals surface area contributed by atoms with E-state index in [4.69, 9.17) is 4.74 Å². The molecule has 0 aliphatic heterocycles. The topological polar surface area (TPSA) is 71.9 Å². The molecule has 1 amide bonds. The van der Waals surface area contributed by atoms with E-state index < -0.39 is 0 Å². The number of aromatic nitrogens is 3. The molecule has 0 atom stereocenters. The zero-order chi connectivity index (χ0) is 19.3. The smallest absolute Gasteiger partial charge is 0.267 e. The number of rotatable bonds is 7. The van der Waals surface area contributed by atoms with Crippen LogP contribution in [0.4, 0.5) is 0 Å². The predicted molar refractivity (Wildman–Crippen MR) is 109 cm³/mol. The van der Waals surface area contributed by atoms with E-state index in [1.165, 1.54) is 5.56 Å². The quantitative estimate of drug-likeness (QED) is 0.521. The van der Waals surface area contributed by atoms with Crippen molar-refractivity contribution in [2.24, 2.45) is 0 Å². The SMILES string of the molecule is COc1ccc2cc(C(=O)NCCc3nccn3Cc3ccccc3)[nH]c2c1. The van der Waals surface area contributed by atoms with Gasteiger partial charge in [0.05, 0.1) is 7.11 Å². The molecule has 6 nitrogen and oxygen atoms in total. The summed E-state index contributed by atoms with van der Waals surface area (Å²) < 4.78 is 7.33. The van der Waals surface area contributed by atoms with Crippen LogP contribution in [0.3, 0.4) is 0 Å². The van der Waals surface area contributed by atoms with Crippen LogP contribution in [0.5, 0.6) is 5.75 Å². The molecule has 2 heterocycles. The average Bonchev–Trinajstić information content (AvgIpc) is 3.35. The van der Waals surface area contributed by atoms with E-state index in [1.54, 1.807) is 13.3 Å². The Morgan fingerprint density at radius 1 is 1.18 bits per heavy atom. The number of imidazole rings is 1. The number of hydrogen-bond donors (Lipinski definition) is 2. The fourth-order valence-corrected chi connectivity index (χ4v) is 3.23. The summed E-state index contributed by atoms with van der Waals surface area (Å²) in [6, 6.07) is 17.8. The summed E-state index contributed by atoms with van der Waals surface area (Å²) in [5.41, 5.74) is 2.64. The van der Waals surface area contributed by atoms with Crippen molar-refractivity contribution in [3.8, 4) is 5.75 Å². The van der Waals surface area contributed by atoms with Gasteiger partial charge in [-0.1, -0.05) is 30.3 Å². The van der Waals surface area contributed by atoms with Crippen molar-refractivity contribution in [3.63, 3.8) is 0 Å². The summed E-state index contributed by atoms with van der Waals surface area (Å²) >= 11 is 0. The first-order chi connectivity index (χ1) is 13.7. The van der Waals surface area contributed by atoms with Crippen molar-refractivity contribution >= 4 is 16.8 Å². The molecular formula is C22H22N4O2. The molecule has 0 unspecified atom stereocenters. The Bertz CT molecular complexity index is 1080. The molecule has 2 aromatic carbocycles. The summed E-state index contributed by atoms with van der Waals surface area (Å²) in [6.45, 7) is 1.29. The highest BCUT2D eigenvalue weighted by atomic mass is 16.5. The maximum absolute atomic E-state index is 12.5. The number of ether oxygens (including phenoxy) is 1. The number of nitrogens with one attached hydrogen (secondary N) is 2. The molecule has 28 heavy (non-hydrogen) atoms. The maximum atomic E-state index is 12.5. The lowest BCUT2D eigenvalue weighted by Gasteiger charge is -2.08. The standard InChI is InChI=1S/C22H22N4O2/c1-28-18-8-7-17-13-20(25-19(17)14-18)22(27)24-10-9-21-23-11-12-26(21)15-16-5-3-2-4-6-16/h2-8,11-14,25H,9-10,15H2,1H3,(H,24,27). The summed E-state index contributed by atoms with van der Waals surface area (Å²) in [6.07, 6.45) is 4.43. The van der Waals surface area contributed by atoms with Crippen molar-refractivity contribution < 1.29 is 9.53 Å². The van der Waals surface area contributed by atoms with E-state index in [-0.39, 0.29) is 5.91 Å². The minimum atomic E-state index is -0.128. The van der Waals surface area contributed by atoms with Gasteiger partial charge in [0.15, 0.2) is 0 Å². The van der Waals surface area contributed by atoms with E-state index in [1.807, 2.05) is 48.7 Å². The van der Waals surface area contributed by atoms with E-state index >= 15 is 0 Å². The second-order valence-corrected chi connectivity index (χ2v) is 6.60. The highest BCUT2D eigenvalue weighted by molar-refractivity contribution is 5.98. The molecular weight excluding hydrogens is 352 g/mol. The van der Waals surface area contributed by atoms with Gasteiger partial charge in [-0.25, -0.2) is 4.98 Å². The third kappa shape index (κ3) is 3.91. The average molecular weight is 374 g/mol. The third-order valence-corrected chi connectivity index (χ3v) is 4.71. The Morgan fingerprint density at radius 2 is 2.04 bits per heavy atom. The summed E-state index contributed by atoms with van der Waals surface area (Å²) in [5, 5.41) is 3.94. The van der Waals surface area contributed by atoms with E-state index in [2.05, 4.69) is 32.0 Å². The van der Waals surface area contributed by atoms with Gasteiger partial charge in [-0.05, 0) is 23.8 Å². The minimum absolute atomic E-state index is 0.128. The number of methoxy groups -OCH3 is 1. The number of carbonyl (C=O) groups is 1. The molecule has 0 aliphatic rings. The van der Waals surface area contributed by atoms with Gasteiger partial charge in [0, 0.05) is 48.9 Å². The van der Waals surface area contributed by atoms with Crippen LogP contribution >= 0.6 is 0 Å². The number of hydrogen-bond acceptors (Lipinski definition) is 3. The molecule has 0 radical (unpaired) electrons. The number of benzene rings is 2. The molecule has 0 saturated heterocycles. The van der Waals surface area contributed by atoms with E-state index in [9.17, 15) is 4.79 Å². The Morgan fingerprint density at radius 3 is 2.86 bits per heavy atom. The van der Waals surface area contributed by atoms with Crippen molar-refractivity contribution in [2.45, 2.75) is 13.0 Å². The number of amides is 1. The lowest BCUT2D eigenvalue weighted by molar-refractivity contribution is 0.0949. The third-order valence-electron chi connectivity index (χ3n) is 4.71. The van der Waals surface area contributed by atoms with Gasteiger partial charge in [0.1, 0.15) is 17.3 Å². The van der Waals surface area contributed by atoms with Gasteiger partial charge < -0.3 is 19.6 Å². The van der Waals surface area contributed by atoms with Crippen molar-refractivity contribution in [1.82, 2.24) is 19.9 Å². The predicted octanol–water partition coefficient (Wildman–Crippen LogP) is 3.39. The van der Waals surface area contributed by atoms with Gasteiger partial charge >= 0.3 is 0 Å². The van der Waals surface area contributed by atoms with E-state index in [0.717, 1.165) is 29.0 Å². The zero-order valence-electron chi connectivity index (χ0n) is 15.7. The Hall–Kier alpha value is -3.54. The van der Waals surface area contributed by atoms with Crippen LogP contribution in [0.2, 0.25) is 0 Å². The molecule has 2 N–H and O–H groups in total. The monoisotopic (exact) mass is 374 g/mol. The van der Waals surface area contributed by atoms with E-state index in [0.29, 0.717) is 18.7 Å². The second kappa shape index (κ2) is 8.00. The number of H-pyrrole nitrogens is 1. The molecule has 4 aromatic rings. The molecule has 0 spiro atoms.